The molecule has 27 heavy (non-hydrogen) atoms. The number of rotatable bonds is 7. The van der Waals surface area contributed by atoms with Crippen LogP contribution < -0.4 is 4.74 Å². The number of nitrogens with zero attached hydrogens (tertiary/aromatic N) is 4. The number of hydrogen-bond donors (Lipinski definition) is 0. The lowest BCUT2D eigenvalue weighted by molar-refractivity contribution is 0.195. The molecule has 7 nitrogen and oxygen atoms in total. The Kier molecular flexibility index (Phi) is 5.38. The first-order chi connectivity index (χ1) is 13.3. The summed E-state index contributed by atoms with van der Waals surface area (Å²) in [7, 11) is 1.65. The standard InChI is InChI=1S/C20H26N4O3/c1-14-18(20-23-22-17(27-20)10-12-25-2)24-11-6-9-16(19(24)21-14)26-13-15-7-4-3-5-8-15/h6,9,11,15H,3-5,7-8,10,12-13H2,1-2H3. The Morgan fingerprint density at radius 1 is 1.22 bits per heavy atom. The minimum absolute atomic E-state index is 0.468. The van der Waals surface area contributed by atoms with Gasteiger partial charge in [0.1, 0.15) is 5.69 Å². The molecule has 0 radical (unpaired) electrons. The van der Waals surface area contributed by atoms with Crippen molar-refractivity contribution >= 4 is 5.65 Å². The van der Waals surface area contributed by atoms with Crippen LogP contribution in [0, 0.1) is 12.8 Å². The summed E-state index contributed by atoms with van der Waals surface area (Å²) in [6.07, 6.45) is 9.04. The smallest absolute Gasteiger partial charge is 0.266 e. The van der Waals surface area contributed by atoms with Gasteiger partial charge in [-0.05, 0) is 37.8 Å². The molecule has 1 saturated carbocycles. The van der Waals surface area contributed by atoms with E-state index < -0.39 is 0 Å². The Morgan fingerprint density at radius 2 is 2.07 bits per heavy atom. The largest absolute Gasteiger partial charge is 0.489 e. The molecule has 7 heteroatoms. The third kappa shape index (κ3) is 3.83. The minimum atomic E-state index is 0.468. The van der Waals surface area contributed by atoms with Gasteiger partial charge in [-0.2, -0.15) is 0 Å². The first kappa shape index (κ1) is 18.0. The molecule has 0 N–H and O–H groups in total. The van der Waals surface area contributed by atoms with E-state index in [-0.39, 0.29) is 0 Å². The van der Waals surface area contributed by atoms with E-state index in [4.69, 9.17) is 18.9 Å². The number of hydrogen-bond acceptors (Lipinski definition) is 6. The van der Waals surface area contributed by atoms with E-state index in [0.29, 0.717) is 30.7 Å². The van der Waals surface area contributed by atoms with Crippen molar-refractivity contribution in [2.75, 3.05) is 20.3 Å². The van der Waals surface area contributed by atoms with Gasteiger partial charge in [0.2, 0.25) is 5.89 Å². The molecule has 0 unspecified atom stereocenters. The lowest BCUT2D eigenvalue weighted by Crippen LogP contribution is -2.15. The quantitative estimate of drug-likeness (QED) is 0.629. The summed E-state index contributed by atoms with van der Waals surface area (Å²) in [4.78, 5) is 4.71. The number of fused-ring (bicyclic) bond motifs is 1. The molecule has 3 aromatic heterocycles. The maximum Gasteiger partial charge on any atom is 0.266 e. The van der Waals surface area contributed by atoms with E-state index in [0.717, 1.165) is 29.4 Å². The van der Waals surface area contributed by atoms with E-state index in [1.165, 1.54) is 32.1 Å². The normalized spacial score (nSPS) is 15.5. The third-order valence-electron chi connectivity index (χ3n) is 5.18. The van der Waals surface area contributed by atoms with Crippen LogP contribution in [0.5, 0.6) is 5.75 Å². The Labute approximate surface area is 158 Å². The highest BCUT2D eigenvalue weighted by molar-refractivity contribution is 5.65. The summed E-state index contributed by atoms with van der Waals surface area (Å²) in [5, 5.41) is 8.31. The SMILES string of the molecule is COCCc1nnc(-c2c(C)nc3c(OCC4CCCCC4)cccn23)o1. The summed E-state index contributed by atoms with van der Waals surface area (Å²) < 4.78 is 19.0. The molecule has 1 aliphatic rings. The molecule has 0 atom stereocenters. The van der Waals surface area contributed by atoms with E-state index in [2.05, 4.69) is 10.2 Å². The topological polar surface area (TPSA) is 74.7 Å². The lowest BCUT2D eigenvalue weighted by atomic mass is 9.90. The first-order valence-corrected chi connectivity index (χ1v) is 9.68. The van der Waals surface area contributed by atoms with Crippen LogP contribution in [0.1, 0.15) is 43.7 Å². The number of imidazole rings is 1. The molecule has 3 aromatic rings. The van der Waals surface area contributed by atoms with Gasteiger partial charge in [-0.15, -0.1) is 10.2 Å². The molecule has 0 spiro atoms. The van der Waals surface area contributed by atoms with Crippen molar-refractivity contribution in [3.8, 4) is 17.3 Å². The van der Waals surface area contributed by atoms with E-state index in [1.807, 2.05) is 29.7 Å². The molecule has 1 aliphatic carbocycles. The molecule has 0 aromatic carbocycles. The maximum absolute atomic E-state index is 6.15. The molecule has 0 bridgehead atoms. The Balaban J connectivity index is 1.59. The number of ether oxygens (including phenoxy) is 2. The van der Waals surface area contributed by atoms with Crippen molar-refractivity contribution in [3.63, 3.8) is 0 Å². The predicted octanol–water partition coefficient (Wildman–Crippen LogP) is 3.84. The Morgan fingerprint density at radius 3 is 2.89 bits per heavy atom. The van der Waals surface area contributed by atoms with Crippen LogP contribution >= 0.6 is 0 Å². The van der Waals surface area contributed by atoms with Crippen molar-refractivity contribution in [1.82, 2.24) is 19.6 Å². The fourth-order valence-corrected chi connectivity index (χ4v) is 3.73. The van der Waals surface area contributed by atoms with Crippen LogP contribution in [0.2, 0.25) is 0 Å². The van der Waals surface area contributed by atoms with E-state index in [1.54, 1.807) is 7.11 Å². The fraction of sp³-hybridized carbons (Fsp3) is 0.550. The summed E-state index contributed by atoms with van der Waals surface area (Å²) in [5.74, 6) is 2.48. The maximum atomic E-state index is 6.15. The van der Waals surface area contributed by atoms with Gasteiger partial charge in [-0.1, -0.05) is 19.3 Å². The van der Waals surface area contributed by atoms with Gasteiger partial charge >= 0.3 is 0 Å². The molecule has 0 amide bonds. The van der Waals surface area contributed by atoms with Gasteiger partial charge in [0.05, 0.1) is 18.9 Å². The van der Waals surface area contributed by atoms with Gasteiger partial charge < -0.3 is 13.9 Å². The number of aromatic nitrogens is 4. The van der Waals surface area contributed by atoms with Crippen LogP contribution in [0.4, 0.5) is 0 Å². The predicted molar refractivity (Wildman–Crippen MR) is 101 cm³/mol. The van der Waals surface area contributed by atoms with Crippen molar-refractivity contribution < 1.29 is 13.9 Å². The van der Waals surface area contributed by atoms with Gasteiger partial charge in [0, 0.05) is 19.7 Å². The van der Waals surface area contributed by atoms with Gasteiger partial charge in [0.25, 0.3) is 5.89 Å². The third-order valence-corrected chi connectivity index (χ3v) is 5.18. The molecule has 144 valence electrons. The number of aryl methyl sites for hydroxylation is 1. The van der Waals surface area contributed by atoms with Gasteiger partial charge in [-0.25, -0.2) is 4.98 Å². The molecule has 1 fully saturated rings. The molecule has 0 saturated heterocycles. The first-order valence-electron chi connectivity index (χ1n) is 9.68. The van der Waals surface area contributed by atoms with Crippen LogP contribution in [-0.4, -0.2) is 39.9 Å². The van der Waals surface area contributed by atoms with E-state index in [9.17, 15) is 0 Å². The van der Waals surface area contributed by atoms with Crippen molar-refractivity contribution in [2.24, 2.45) is 5.92 Å². The van der Waals surface area contributed by atoms with Crippen LogP contribution in [-0.2, 0) is 11.2 Å². The number of methoxy groups -OCH3 is 1. The summed E-state index contributed by atoms with van der Waals surface area (Å²) in [6, 6.07) is 3.95. The average Bonchev–Trinajstić information content (AvgIpc) is 3.28. The van der Waals surface area contributed by atoms with Crippen LogP contribution in [0.3, 0.4) is 0 Å². The highest BCUT2D eigenvalue weighted by Crippen LogP contribution is 2.30. The summed E-state index contributed by atoms with van der Waals surface area (Å²) in [5.41, 5.74) is 2.44. The highest BCUT2D eigenvalue weighted by atomic mass is 16.5. The second kappa shape index (κ2) is 8.08. The zero-order chi connectivity index (χ0) is 18.6. The summed E-state index contributed by atoms with van der Waals surface area (Å²) in [6.45, 7) is 3.25. The Bertz CT molecular complexity index is 896. The fourth-order valence-electron chi connectivity index (χ4n) is 3.73. The summed E-state index contributed by atoms with van der Waals surface area (Å²) >= 11 is 0. The van der Waals surface area contributed by atoms with Gasteiger partial charge in [0.15, 0.2) is 11.4 Å². The molecular weight excluding hydrogens is 344 g/mol. The monoisotopic (exact) mass is 370 g/mol. The number of pyridine rings is 1. The van der Waals surface area contributed by atoms with Crippen LogP contribution in [0.15, 0.2) is 22.7 Å². The zero-order valence-corrected chi connectivity index (χ0v) is 16.0. The van der Waals surface area contributed by atoms with Crippen LogP contribution in [0.25, 0.3) is 17.2 Å². The zero-order valence-electron chi connectivity index (χ0n) is 16.0. The van der Waals surface area contributed by atoms with E-state index >= 15 is 0 Å². The van der Waals surface area contributed by atoms with Crippen molar-refractivity contribution in [2.45, 2.75) is 45.4 Å². The second-order valence-electron chi connectivity index (χ2n) is 7.17. The second-order valence-corrected chi connectivity index (χ2v) is 7.17. The molecular formula is C20H26N4O3. The highest BCUT2D eigenvalue weighted by Gasteiger charge is 2.20. The van der Waals surface area contributed by atoms with Crippen molar-refractivity contribution in [3.05, 3.63) is 29.9 Å². The van der Waals surface area contributed by atoms with Crippen molar-refractivity contribution in [1.29, 1.82) is 0 Å². The molecule has 0 aliphatic heterocycles. The molecule has 3 heterocycles. The average molecular weight is 370 g/mol. The molecule has 4 rings (SSSR count). The van der Waals surface area contributed by atoms with Gasteiger partial charge in [-0.3, -0.25) is 4.40 Å². The minimum Gasteiger partial charge on any atom is -0.489 e. The Hall–Kier alpha value is -2.41. The lowest BCUT2D eigenvalue weighted by Gasteiger charge is -2.21.